The molecule has 7 nitrogen and oxygen atoms in total. The summed E-state index contributed by atoms with van der Waals surface area (Å²) in [6.45, 7) is 8.77. The zero-order valence-electron chi connectivity index (χ0n) is 16.0. The van der Waals surface area contributed by atoms with Crippen LogP contribution in [0.1, 0.15) is 20.8 Å². The van der Waals surface area contributed by atoms with E-state index in [9.17, 15) is 8.42 Å². The zero-order chi connectivity index (χ0) is 19.4. The van der Waals surface area contributed by atoms with Crippen LogP contribution in [-0.4, -0.2) is 59.5 Å². The summed E-state index contributed by atoms with van der Waals surface area (Å²) in [5.74, 6) is 2.04. The highest BCUT2D eigenvalue weighted by Gasteiger charge is 2.27. The molecule has 0 atom stereocenters. The van der Waals surface area contributed by atoms with Gasteiger partial charge in [-0.25, -0.2) is 8.42 Å². The van der Waals surface area contributed by atoms with Crippen LogP contribution in [0.3, 0.4) is 0 Å². The number of hydrogen-bond acceptors (Lipinski definition) is 6. The third-order valence-electron chi connectivity index (χ3n) is 4.24. The normalized spacial score (nSPS) is 16.1. The highest BCUT2D eigenvalue weighted by molar-refractivity contribution is 7.99. The number of benzene rings is 1. The highest BCUT2D eigenvalue weighted by Crippen LogP contribution is 2.27. The number of hydrogen-bond donors (Lipinski definition) is 0. The minimum absolute atomic E-state index is 0.283. The molecule has 0 N–H and O–H groups in total. The Morgan fingerprint density at radius 3 is 2.63 bits per heavy atom. The second kappa shape index (κ2) is 8.72. The van der Waals surface area contributed by atoms with E-state index in [1.165, 1.54) is 4.31 Å². The Morgan fingerprint density at radius 2 is 1.96 bits per heavy atom. The van der Waals surface area contributed by atoms with Gasteiger partial charge >= 0.3 is 0 Å². The van der Waals surface area contributed by atoms with Crippen LogP contribution in [0.5, 0.6) is 0 Å². The van der Waals surface area contributed by atoms with Crippen molar-refractivity contribution in [2.45, 2.75) is 37.4 Å². The molecule has 2 aromatic rings. The first-order valence-electron chi connectivity index (χ1n) is 9.17. The zero-order valence-corrected chi connectivity index (χ0v) is 17.6. The van der Waals surface area contributed by atoms with Gasteiger partial charge in [-0.05, 0) is 23.8 Å². The summed E-state index contributed by atoms with van der Waals surface area (Å²) in [6, 6.07) is 6.99. The Bertz CT molecular complexity index is 874. The summed E-state index contributed by atoms with van der Waals surface area (Å²) in [6.07, 6.45) is 0. The summed E-state index contributed by atoms with van der Waals surface area (Å²) in [7, 11) is -3.54. The molecule has 0 aliphatic carbocycles. The van der Waals surface area contributed by atoms with Crippen LogP contribution >= 0.6 is 11.8 Å². The van der Waals surface area contributed by atoms with Crippen molar-refractivity contribution < 1.29 is 13.2 Å². The molecule has 9 heteroatoms. The monoisotopic (exact) mass is 410 g/mol. The Morgan fingerprint density at radius 1 is 1.22 bits per heavy atom. The van der Waals surface area contributed by atoms with Crippen LogP contribution in [-0.2, 0) is 21.3 Å². The lowest BCUT2D eigenvalue weighted by Gasteiger charge is -2.26. The number of rotatable bonds is 7. The van der Waals surface area contributed by atoms with Gasteiger partial charge in [0.15, 0.2) is 11.0 Å². The topological polar surface area (TPSA) is 77.3 Å². The summed E-state index contributed by atoms with van der Waals surface area (Å²) in [4.78, 5) is 0.283. The second-order valence-corrected chi connectivity index (χ2v) is 9.96. The summed E-state index contributed by atoms with van der Waals surface area (Å²) < 4.78 is 34.8. The SMILES string of the molecule is CCSc1nnc(-c2cccc(S(=O)(=O)N3CCOCC3)c2)n1CC(C)C. The van der Waals surface area contributed by atoms with E-state index in [-0.39, 0.29) is 4.90 Å². The standard InChI is InChI=1S/C18H26N4O3S2/c1-4-26-18-20-19-17(22(18)13-14(2)3)15-6-5-7-16(12-15)27(23,24)21-8-10-25-11-9-21/h5-7,12,14H,4,8-11,13H2,1-3H3. The lowest BCUT2D eigenvalue weighted by Crippen LogP contribution is -2.40. The van der Waals surface area contributed by atoms with Crippen molar-refractivity contribution in [3.63, 3.8) is 0 Å². The first kappa shape index (κ1) is 20.3. The minimum Gasteiger partial charge on any atom is -0.379 e. The van der Waals surface area contributed by atoms with E-state index in [0.29, 0.717) is 38.0 Å². The number of aromatic nitrogens is 3. The van der Waals surface area contributed by atoms with Gasteiger partial charge in [0, 0.05) is 25.2 Å². The molecule has 1 aromatic heterocycles. The Labute approximate surface area is 165 Å². The average molecular weight is 411 g/mol. The van der Waals surface area contributed by atoms with Gasteiger partial charge in [0.2, 0.25) is 10.0 Å². The molecule has 0 radical (unpaired) electrons. The number of sulfonamides is 1. The van der Waals surface area contributed by atoms with Crippen molar-refractivity contribution >= 4 is 21.8 Å². The van der Waals surface area contributed by atoms with E-state index in [0.717, 1.165) is 23.0 Å². The van der Waals surface area contributed by atoms with Crippen molar-refractivity contribution in [1.82, 2.24) is 19.1 Å². The van der Waals surface area contributed by atoms with Gasteiger partial charge in [-0.1, -0.05) is 44.7 Å². The maximum Gasteiger partial charge on any atom is 0.243 e. The fourth-order valence-electron chi connectivity index (χ4n) is 3.00. The van der Waals surface area contributed by atoms with Gasteiger partial charge < -0.3 is 9.30 Å². The third kappa shape index (κ3) is 4.53. The smallest absolute Gasteiger partial charge is 0.243 e. The number of ether oxygens (including phenoxy) is 1. The molecule has 1 fully saturated rings. The number of morpholine rings is 1. The predicted molar refractivity (Wildman–Crippen MR) is 106 cm³/mol. The van der Waals surface area contributed by atoms with Crippen LogP contribution in [0, 0.1) is 5.92 Å². The molecule has 1 aliphatic heterocycles. The molecule has 1 aliphatic rings. The van der Waals surface area contributed by atoms with E-state index in [2.05, 4.69) is 35.5 Å². The summed E-state index contributed by atoms with van der Waals surface area (Å²) in [5, 5.41) is 9.54. The number of nitrogens with zero attached hydrogens (tertiary/aromatic N) is 4. The molecule has 0 saturated carbocycles. The maximum absolute atomic E-state index is 13.0. The molecule has 27 heavy (non-hydrogen) atoms. The van der Waals surface area contributed by atoms with Gasteiger partial charge in [0.1, 0.15) is 0 Å². The Hall–Kier alpha value is -1.42. The highest BCUT2D eigenvalue weighted by atomic mass is 32.2. The molecular formula is C18H26N4O3S2. The van der Waals surface area contributed by atoms with E-state index in [1.807, 2.05) is 6.07 Å². The summed E-state index contributed by atoms with van der Waals surface area (Å²) >= 11 is 1.64. The van der Waals surface area contributed by atoms with E-state index >= 15 is 0 Å². The van der Waals surface area contributed by atoms with Crippen molar-refractivity contribution in [3.8, 4) is 11.4 Å². The molecule has 148 valence electrons. The average Bonchev–Trinajstić information content (AvgIpc) is 3.05. The van der Waals surface area contributed by atoms with Crippen molar-refractivity contribution in [2.75, 3.05) is 32.1 Å². The van der Waals surface area contributed by atoms with Gasteiger partial charge in [-0.2, -0.15) is 4.31 Å². The van der Waals surface area contributed by atoms with E-state index in [4.69, 9.17) is 4.74 Å². The summed E-state index contributed by atoms with van der Waals surface area (Å²) in [5.41, 5.74) is 0.764. The van der Waals surface area contributed by atoms with Crippen LogP contribution in [0.4, 0.5) is 0 Å². The number of thioether (sulfide) groups is 1. The van der Waals surface area contributed by atoms with Crippen molar-refractivity contribution in [1.29, 1.82) is 0 Å². The van der Waals surface area contributed by atoms with Crippen LogP contribution in [0.2, 0.25) is 0 Å². The molecule has 0 unspecified atom stereocenters. The quantitative estimate of drug-likeness (QED) is 0.653. The van der Waals surface area contributed by atoms with Gasteiger partial charge in [-0.15, -0.1) is 10.2 Å². The van der Waals surface area contributed by atoms with E-state index in [1.54, 1.807) is 30.0 Å². The third-order valence-corrected chi connectivity index (χ3v) is 6.98. The fourth-order valence-corrected chi connectivity index (χ4v) is 5.13. The first-order chi connectivity index (χ1) is 12.9. The lowest BCUT2D eigenvalue weighted by molar-refractivity contribution is 0.0730. The molecule has 0 bridgehead atoms. The van der Waals surface area contributed by atoms with Crippen molar-refractivity contribution in [2.24, 2.45) is 5.92 Å². The van der Waals surface area contributed by atoms with Gasteiger partial charge in [0.25, 0.3) is 0 Å². The predicted octanol–water partition coefficient (Wildman–Crippen LogP) is 2.73. The van der Waals surface area contributed by atoms with Crippen molar-refractivity contribution in [3.05, 3.63) is 24.3 Å². The van der Waals surface area contributed by atoms with Crippen LogP contribution < -0.4 is 0 Å². The fraction of sp³-hybridized carbons (Fsp3) is 0.556. The minimum atomic E-state index is -3.54. The van der Waals surface area contributed by atoms with Gasteiger partial charge in [0.05, 0.1) is 18.1 Å². The van der Waals surface area contributed by atoms with Crippen LogP contribution in [0.25, 0.3) is 11.4 Å². The van der Waals surface area contributed by atoms with Gasteiger partial charge in [-0.3, -0.25) is 0 Å². The van der Waals surface area contributed by atoms with E-state index < -0.39 is 10.0 Å². The Balaban J connectivity index is 1.98. The Kier molecular flexibility index (Phi) is 6.56. The molecule has 0 spiro atoms. The molecule has 1 saturated heterocycles. The molecule has 0 amide bonds. The maximum atomic E-state index is 13.0. The molecule has 1 aromatic carbocycles. The second-order valence-electron chi connectivity index (χ2n) is 6.79. The largest absolute Gasteiger partial charge is 0.379 e. The first-order valence-corrected chi connectivity index (χ1v) is 11.6. The van der Waals surface area contributed by atoms with Crippen LogP contribution in [0.15, 0.2) is 34.3 Å². The lowest BCUT2D eigenvalue weighted by atomic mass is 10.2. The molecular weight excluding hydrogens is 384 g/mol. The molecule has 3 rings (SSSR count). The molecule has 2 heterocycles.